The maximum Gasteiger partial charge on any atom is 0.419 e. The number of nitrogens with zero attached hydrogens (tertiary/aromatic N) is 2. The van der Waals surface area contributed by atoms with Gasteiger partial charge in [0.2, 0.25) is 0 Å². The molecule has 0 radical (unpaired) electrons. The number of carbonyl (C=O) groups excluding carboxylic acids is 1. The number of anilines is 3. The van der Waals surface area contributed by atoms with Gasteiger partial charge in [-0.05, 0) is 53.9 Å². The molecule has 0 saturated carbocycles. The Morgan fingerprint density at radius 1 is 1.13 bits per heavy atom. The van der Waals surface area contributed by atoms with E-state index in [1.165, 1.54) is 18.3 Å². The summed E-state index contributed by atoms with van der Waals surface area (Å²) in [6.45, 7) is 0.821. The van der Waals surface area contributed by atoms with E-state index in [0.717, 1.165) is 17.2 Å². The van der Waals surface area contributed by atoms with Crippen molar-refractivity contribution in [2.24, 2.45) is 0 Å². The van der Waals surface area contributed by atoms with Gasteiger partial charge < -0.3 is 16.0 Å². The molecule has 4 rings (SSSR count). The first-order chi connectivity index (χ1) is 14.7. The Morgan fingerprint density at radius 3 is 2.65 bits per heavy atom. The number of fused-ring (bicyclic) bond motifs is 1. The van der Waals surface area contributed by atoms with Crippen LogP contribution < -0.4 is 11.1 Å². The Hall–Kier alpha value is -3.62. The first-order valence-electron chi connectivity index (χ1n) is 9.48. The lowest BCUT2D eigenvalue weighted by atomic mass is 9.97. The van der Waals surface area contributed by atoms with E-state index in [9.17, 15) is 22.4 Å². The highest BCUT2D eigenvalue weighted by Crippen LogP contribution is 2.34. The molecule has 1 aromatic heterocycles. The molecule has 160 valence electrons. The minimum atomic E-state index is -4.75. The summed E-state index contributed by atoms with van der Waals surface area (Å²) in [4.78, 5) is 18.4. The predicted octanol–water partition coefficient (Wildman–Crippen LogP) is 4.76. The van der Waals surface area contributed by atoms with Crippen LogP contribution >= 0.6 is 0 Å². The molecule has 2 heterocycles. The van der Waals surface area contributed by atoms with Gasteiger partial charge in [-0.3, -0.25) is 4.79 Å². The summed E-state index contributed by atoms with van der Waals surface area (Å²) >= 11 is 0. The van der Waals surface area contributed by atoms with Crippen LogP contribution in [0.1, 0.15) is 27.0 Å². The van der Waals surface area contributed by atoms with Crippen molar-refractivity contribution in [2.45, 2.75) is 19.1 Å². The molecule has 0 unspecified atom stereocenters. The molecule has 2 aromatic carbocycles. The molecule has 0 saturated heterocycles. The van der Waals surface area contributed by atoms with Crippen molar-refractivity contribution >= 4 is 23.1 Å². The molecule has 5 nitrogen and oxygen atoms in total. The number of amides is 1. The highest BCUT2D eigenvalue weighted by atomic mass is 19.4. The molecule has 9 heteroatoms. The molecule has 31 heavy (non-hydrogen) atoms. The molecule has 3 aromatic rings. The third-order valence-electron chi connectivity index (χ3n) is 5.13. The summed E-state index contributed by atoms with van der Waals surface area (Å²) in [5.41, 5.74) is 7.51. The zero-order valence-electron chi connectivity index (χ0n) is 16.2. The van der Waals surface area contributed by atoms with Crippen LogP contribution in [-0.2, 0) is 19.1 Å². The van der Waals surface area contributed by atoms with Gasteiger partial charge in [0.15, 0.2) is 0 Å². The van der Waals surface area contributed by atoms with Gasteiger partial charge in [-0.25, -0.2) is 9.37 Å². The Morgan fingerprint density at radius 2 is 1.94 bits per heavy atom. The summed E-state index contributed by atoms with van der Waals surface area (Å²) in [5.74, 6) is -1.24. The van der Waals surface area contributed by atoms with Crippen LogP contribution in [-0.4, -0.2) is 22.3 Å². The van der Waals surface area contributed by atoms with E-state index in [0.29, 0.717) is 36.8 Å². The third kappa shape index (κ3) is 4.30. The summed E-state index contributed by atoms with van der Waals surface area (Å²) in [6.07, 6.45) is -2.73. The standard InChI is InChI=1S/C22H18F4N4O/c23-18-11-15(4-5-17(18)22(24,25)26)29-19-3-1-2-14-12-30(9-7-16(14)19)21(31)13-6-8-28-20(27)10-13/h1-6,8,10-11,29H,7,9,12H2,(H2,27,28). The van der Waals surface area contributed by atoms with Gasteiger partial charge in [-0.2, -0.15) is 13.2 Å². The number of aromatic nitrogens is 1. The fraction of sp³-hybridized carbons (Fsp3) is 0.182. The minimum Gasteiger partial charge on any atom is -0.384 e. The smallest absolute Gasteiger partial charge is 0.384 e. The number of pyridine rings is 1. The van der Waals surface area contributed by atoms with E-state index >= 15 is 0 Å². The molecule has 0 aliphatic carbocycles. The Kier molecular flexibility index (Phi) is 5.26. The summed E-state index contributed by atoms with van der Waals surface area (Å²) in [6, 6.07) is 11.3. The number of carbonyl (C=O) groups is 1. The van der Waals surface area contributed by atoms with Crippen LogP contribution in [0.4, 0.5) is 34.8 Å². The van der Waals surface area contributed by atoms with Crippen molar-refractivity contribution in [3.8, 4) is 0 Å². The SMILES string of the molecule is Nc1cc(C(=O)N2CCc3c(cccc3Nc3ccc(C(F)(F)F)c(F)c3)C2)ccn1. The van der Waals surface area contributed by atoms with Crippen molar-refractivity contribution < 1.29 is 22.4 Å². The van der Waals surface area contributed by atoms with Gasteiger partial charge >= 0.3 is 6.18 Å². The Balaban J connectivity index is 1.55. The quantitative estimate of drug-likeness (QED) is 0.588. The summed E-state index contributed by atoms with van der Waals surface area (Å²) in [5, 5.41) is 3.00. The second-order valence-corrected chi connectivity index (χ2v) is 7.21. The normalized spacial score (nSPS) is 13.6. The van der Waals surface area contributed by atoms with Gasteiger partial charge in [-0.1, -0.05) is 12.1 Å². The number of nitrogens with two attached hydrogens (primary N) is 1. The van der Waals surface area contributed by atoms with Gasteiger partial charge in [0, 0.05) is 36.2 Å². The fourth-order valence-electron chi connectivity index (χ4n) is 3.64. The van der Waals surface area contributed by atoms with Gasteiger partial charge in [-0.15, -0.1) is 0 Å². The Bertz CT molecular complexity index is 1150. The van der Waals surface area contributed by atoms with Gasteiger partial charge in [0.05, 0.1) is 5.56 Å². The van der Waals surface area contributed by atoms with E-state index < -0.39 is 17.6 Å². The lowest BCUT2D eigenvalue weighted by Crippen LogP contribution is -2.36. The number of nitrogens with one attached hydrogen (secondary N) is 1. The van der Waals surface area contributed by atoms with Crippen molar-refractivity contribution in [3.05, 3.63) is 82.8 Å². The zero-order valence-corrected chi connectivity index (χ0v) is 16.2. The number of benzene rings is 2. The number of hydrogen-bond donors (Lipinski definition) is 2. The number of halogens is 4. The monoisotopic (exact) mass is 430 g/mol. The zero-order chi connectivity index (χ0) is 22.2. The fourth-order valence-corrected chi connectivity index (χ4v) is 3.64. The summed E-state index contributed by atoms with van der Waals surface area (Å²) in [7, 11) is 0. The highest BCUT2D eigenvalue weighted by molar-refractivity contribution is 5.95. The Labute approximate surface area is 175 Å². The average Bonchev–Trinajstić information content (AvgIpc) is 2.72. The minimum absolute atomic E-state index is 0.164. The van der Waals surface area contributed by atoms with Crippen LogP contribution in [0.5, 0.6) is 0 Å². The second kappa shape index (κ2) is 7.90. The summed E-state index contributed by atoms with van der Waals surface area (Å²) < 4.78 is 52.2. The molecular weight excluding hydrogens is 412 g/mol. The lowest BCUT2D eigenvalue weighted by molar-refractivity contribution is -0.139. The molecule has 1 aliphatic heterocycles. The first kappa shape index (κ1) is 20.6. The number of nitrogen functional groups attached to an aromatic ring is 1. The molecule has 1 aliphatic rings. The van der Waals surface area contributed by atoms with Crippen molar-refractivity contribution in [1.29, 1.82) is 0 Å². The van der Waals surface area contributed by atoms with Crippen LogP contribution in [0.3, 0.4) is 0 Å². The molecule has 0 fully saturated rings. The maximum atomic E-state index is 13.9. The second-order valence-electron chi connectivity index (χ2n) is 7.21. The van der Waals surface area contributed by atoms with E-state index in [1.807, 2.05) is 6.07 Å². The molecule has 0 bridgehead atoms. The lowest BCUT2D eigenvalue weighted by Gasteiger charge is -2.30. The van der Waals surface area contributed by atoms with Gasteiger partial charge in [0.25, 0.3) is 5.91 Å². The van der Waals surface area contributed by atoms with Crippen molar-refractivity contribution in [3.63, 3.8) is 0 Å². The largest absolute Gasteiger partial charge is 0.419 e. The highest BCUT2D eigenvalue weighted by Gasteiger charge is 2.34. The molecule has 0 atom stereocenters. The third-order valence-corrected chi connectivity index (χ3v) is 5.13. The first-order valence-corrected chi connectivity index (χ1v) is 9.48. The van der Waals surface area contributed by atoms with Crippen LogP contribution in [0, 0.1) is 5.82 Å². The van der Waals surface area contributed by atoms with Crippen molar-refractivity contribution in [1.82, 2.24) is 9.88 Å². The van der Waals surface area contributed by atoms with Crippen LogP contribution in [0.15, 0.2) is 54.7 Å². The van der Waals surface area contributed by atoms with E-state index in [2.05, 4.69) is 10.3 Å². The molecule has 3 N–H and O–H groups in total. The van der Waals surface area contributed by atoms with Crippen molar-refractivity contribution in [2.75, 3.05) is 17.6 Å². The van der Waals surface area contributed by atoms with E-state index in [4.69, 9.17) is 5.73 Å². The van der Waals surface area contributed by atoms with Crippen LogP contribution in [0.25, 0.3) is 0 Å². The maximum absolute atomic E-state index is 13.9. The van der Waals surface area contributed by atoms with Gasteiger partial charge in [0.1, 0.15) is 11.6 Å². The number of alkyl halides is 3. The van der Waals surface area contributed by atoms with E-state index in [1.54, 1.807) is 23.1 Å². The average molecular weight is 430 g/mol. The number of rotatable bonds is 3. The topological polar surface area (TPSA) is 71.2 Å². The molecule has 0 spiro atoms. The van der Waals surface area contributed by atoms with Crippen LogP contribution in [0.2, 0.25) is 0 Å². The predicted molar refractivity (Wildman–Crippen MR) is 108 cm³/mol. The molecular formula is C22H18F4N4O. The van der Waals surface area contributed by atoms with E-state index in [-0.39, 0.29) is 17.4 Å². The number of hydrogen-bond acceptors (Lipinski definition) is 4. The molecule has 1 amide bonds.